The van der Waals surface area contributed by atoms with Crippen molar-refractivity contribution in [3.05, 3.63) is 52.2 Å². The second-order valence-electron chi connectivity index (χ2n) is 7.56. The maximum Gasteiger partial charge on any atom is 0.362 e. The Labute approximate surface area is 196 Å². The normalized spacial score (nSPS) is 13.6. The fourth-order valence-corrected chi connectivity index (χ4v) is 3.94. The molecular weight excluding hydrogens is 442 g/mol. The quantitative estimate of drug-likeness (QED) is 0.291. The van der Waals surface area contributed by atoms with Crippen LogP contribution in [0.15, 0.2) is 36.4 Å². The number of nitro benzene ring substituents is 1. The number of methoxy groups -OCH3 is 2. The molecule has 2 heterocycles. The molecule has 1 aromatic heterocycles. The minimum absolute atomic E-state index is 0.0406. The van der Waals surface area contributed by atoms with E-state index < -0.39 is 10.9 Å². The van der Waals surface area contributed by atoms with Crippen LogP contribution < -0.4 is 19.3 Å². The Balaban J connectivity index is 1.65. The van der Waals surface area contributed by atoms with E-state index >= 15 is 0 Å². The van der Waals surface area contributed by atoms with Crippen molar-refractivity contribution in [2.75, 3.05) is 56.8 Å². The molecule has 178 valence electrons. The Bertz CT molecular complexity index is 1210. The molecule has 0 unspecified atom stereocenters. The number of carbonyl (C=O) groups is 1. The molecular formula is C23H25N5O6. The van der Waals surface area contributed by atoms with E-state index in [1.165, 1.54) is 13.2 Å². The first-order valence-corrected chi connectivity index (χ1v) is 10.8. The van der Waals surface area contributed by atoms with Gasteiger partial charge in [-0.1, -0.05) is 0 Å². The largest absolute Gasteiger partial charge is 0.497 e. The number of nitro groups is 1. The molecule has 2 aromatic carbocycles. The van der Waals surface area contributed by atoms with E-state index in [4.69, 9.17) is 14.2 Å². The third-order valence-electron chi connectivity index (χ3n) is 5.65. The summed E-state index contributed by atoms with van der Waals surface area (Å²) in [5.74, 6) is 0.0805. The lowest BCUT2D eigenvalue weighted by Crippen LogP contribution is -2.46. The first kappa shape index (κ1) is 23.0. The van der Waals surface area contributed by atoms with Gasteiger partial charge in [0, 0.05) is 37.9 Å². The first-order chi connectivity index (χ1) is 16.4. The number of piperazine rings is 1. The number of aromatic nitrogens is 2. The number of hydrogen-bond donors (Lipinski definition) is 0. The van der Waals surface area contributed by atoms with Gasteiger partial charge in [-0.3, -0.25) is 10.1 Å². The molecule has 4 rings (SSSR count). The Morgan fingerprint density at radius 3 is 2.24 bits per heavy atom. The standard InChI is InChI=1S/C23H25N5O6/c1-4-34-23(29)21-22(33-3)25-18-14-20(28(30)31)19(13-17(18)24-21)27-11-9-26(10-12-27)15-5-7-16(32-2)8-6-15/h5-8,13-14H,4,9-12H2,1-3H3. The minimum Gasteiger partial charge on any atom is -0.497 e. The fraction of sp³-hybridized carbons (Fsp3) is 0.348. The highest BCUT2D eigenvalue weighted by molar-refractivity contribution is 5.94. The molecule has 0 aliphatic carbocycles. The zero-order chi connectivity index (χ0) is 24.2. The molecule has 0 bridgehead atoms. The summed E-state index contributed by atoms with van der Waals surface area (Å²) in [5.41, 5.74) is 1.96. The second-order valence-corrected chi connectivity index (χ2v) is 7.56. The molecule has 1 aliphatic heterocycles. The average molecular weight is 467 g/mol. The van der Waals surface area contributed by atoms with Crippen molar-refractivity contribution < 1.29 is 23.9 Å². The Morgan fingerprint density at radius 2 is 1.65 bits per heavy atom. The average Bonchev–Trinajstić information content (AvgIpc) is 2.87. The highest BCUT2D eigenvalue weighted by Gasteiger charge is 2.27. The van der Waals surface area contributed by atoms with Crippen LogP contribution in [-0.4, -0.2) is 67.9 Å². The predicted molar refractivity (Wildman–Crippen MR) is 126 cm³/mol. The van der Waals surface area contributed by atoms with Crippen LogP contribution in [-0.2, 0) is 4.74 Å². The number of ether oxygens (including phenoxy) is 3. The fourth-order valence-electron chi connectivity index (χ4n) is 3.94. The molecule has 1 saturated heterocycles. The van der Waals surface area contributed by atoms with E-state index in [-0.39, 0.29) is 29.4 Å². The molecule has 0 saturated carbocycles. The summed E-state index contributed by atoms with van der Waals surface area (Å²) in [6.07, 6.45) is 0. The van der Waals surface area contributed by atoms with Crippen molar-refractivity contribution >= 4 is 34.1 Å². The topological polar surface area (TPSA) is 120 Å². The summed E-state index contributed by atoms with van der Waals surface area (Å²) in [5, 5.41) is 11.9. The summed E-state index contributed by atoms with van der Waals surface area (Å²) in [6.45, 7) is 4.38. The van der Waals surface area contributed by atoms with Crippen molar-refractivity contribution in [3.8, 4) is 11.6 Å². The molecule has 1 aliphatic rings. The molecule has 0 amide bonds. The number of esters is 1. The molecule has 0 N–H and O–H groups in total. The van der Waals surface area contributed by atoms with Gasteiger partial charge in [-0.15, -0.1) is 0 Å². The van der Waals surface area contributed by atoms with Gasteiger partial charge in [0.1, 0.15) is 11.4 Å². The molecule has 0 atom stereocenters. The minimum atomic E-state index is -0.665. The van der Waals surface area contributed by atoms with Gasteiger partial charge in [0.15, 0.2) is 0 Å². The van der Waals surface area contributed by atoms with Gasteiger partial charge in [0.25, 0.3) is 5.69 Å². The van der Waals surface area contributed by atoms with Gasteiger partial charge < -0.3 is 24.0 Å². The number of fused-ring (bicyclic) bond motifs is 1. The molecule has 0 radical (unpaired) electrons. The van der Waals surface area contributed by atoms with Gasteiger partial charge in [-0.05, 0) is 37.3 Å². The number of anilines is 2. The van der Waals surface area contributed by atoms with Crippen molar-refractivity contribution in [1.82, 2.24) is 9.97 Å². The third-order valence-corrected chi connectivity index (χ3v) is 5.65. The van der Waals surface area contributed by atoms with Crippen molar-refractivity contribution in [2.45, 2.75) is 6.92 Å². The highest BCUT2D eigenvalue weighted by Crippen LogP contribution is 2.34. The van der Waals surface area contributed by atoms with Crippen LogP contribution in [0.5, 0.6) is 11.6 Å². The molecule has 1 fully saturated rings. The van der Waals surface area contributed by atoms with Crippen LogP contribution in [0.1, 0.15) is 17.4 Å². The summed E-state index contributed by atoms with van der Waals surface area (Å²) < 4.78 is 15.4. The van der Waals surface area contributed by atoms with Gasteiger partial charge in [-0.2, -0.15) is 0 Å². The molecule has 3 aromatic rings. The van der Waals surface area contributed by atoms with Gasteiger partial charge in [-0.25, -0.2) is 14.8 Å². The third kappa shape index (κ3) is 4.49. The first-order valence-electron chi connectivity index (χ1n) is 10.8. The number of benzene rings is 2. The number of nitrogens with zero attached hydrogens (tertiary/aromatic N) is 5. The number of rotatable bonds is 7. The van der Waals surface area contributed by atoms with Crippen LogP contribution in [0.3, 0.4) is 0 Å². The van der Waals surface area contributed by atoms with Crippen LogP contribution in [0.2, 0.25) is 0 Å². The van der Waals surface area contributed by atoms with Gasteiger partial charge >= 0.3 is 5.97 Å². The molecule has 34 heavy (non-hydrogen) atoms. The van der Waals surface area contributed by atoms with Gasteiger partial charge in [0.2, 0.25) is 11.6 Å². The summed E-state index contributed by atoms with van der Waals surface area (Å²) in [4.78, 5) is 36.5. The van der Waals surface area contributed by atoms with Crippen LogP contribution >= 0.6 is 0 Å². The molecule has 11 heteroatoms. The maximum absolute atomic E-state index is 12.3. The predicted octanol–water partition coefficient (Wildman–Crippen LogP) is 3.06. The Kier molecular flexibility index (Phi) is 6.62. The zero-order valence-electron chi connectivity index (χ0n) is 19.2. The highest BCUT2D eigenvalue weighted by atomic mass is 16.6. The molecule has 0 spiro atoms. The van der Waals surface area contributed by atoms with E-state index in [9.17, 15) is 14.9 Å². The SMILES string of the molecule is CCOC(=O)c1nc2cc(N3CCN(c4ccc(OC)cc4)CC3)c([N+](=O)[O-])cc2nc1OC. The van der Waals surface area contributed by atoms with E-state index in [1.54, 1.807) is 20.1 Å². The lowest BCUT2D eigenvalue weighted by Gasteiger charge is -2.37. The number of hydrogen-bond acceptors (Lipinski definition) is 10. The van der Waals surface area contributed by atoms with E-state index in [0.29, 0.717) is 37.4 Å². The van der Waals surface area contributed by atoms with E-state index in [2.05, 4.69) is 14.9 Å². The number of carbonyl (C=O) groups excluding carboxylic acids is 1. The monoisotopic (exact) mass is 467 g/mol. The van der Waals surface area contributed by atoms with Crippen molar-refractivity contribution in [3.63, 3.8) is 0 Å². The van der Waals surface area contributed by atoms with Crippen molar-refractivity contribution in [2.24, 2.45) is 0 Å². The van der Waals surface area contributed by atoms with E-state index in [1.807, 2.05) is 29.2 Å². The molecule has 11 nitrogen and oxygen atoms in total. The van der Waals surface area contributed by atoms with Crippen LogP contribution in [0, 0.1) is 10.1 Å². The Hall–Kier alpha value is -4.15. The zero-order valence-corrected chi connectivity index (χ0v) is 19.2. The smallest absolute Gasteiger partial charge is 0.362 e. The lowest BCUT2D eigenvalue weighted by atomic mass is 10.1. The van der Waals surface area contributed by atoms with Crippen molar-refractivity contribution in [1.29, 1.82) is 0 Å². The summed E-state index contributed by atoms with van der Waals surface area (Å²) >= 11 is 0. The maximum atomic E-state index is 12.3. The van der Waals surface area contributed by atoms with Gasteiger partial charge in [0.05, 0.1) is 36.8 Å². The van der Waals surface area contributed by atoms with Crippen LogP contribution in [0.25, 0.3) is 11.0 Å². The second kappa shape index (κ2) is 9.77. The Morgan fingerprint density at radius 1 is 1.00 bits per heavy atom. The van der Waals surface area contributed by atoms with E-state index in [0.717, 1.165) is 11.4 Å². The summed E-state index contributed by atoms with van der Waals surface area (Å²) in [6, 6.07) is 10.8. The summed E-state index contributed by atoms with van der Waals surface area (Å²) in [7, 11) is 2.98. The lowest BCUT2D eigenvalue weighted by molar-refractivity contribution is -0.384. The van der Waals surface area contributed by atoms with Crippen LogP contribution in [0.4, 0.5) is 17.1 Å².